The Hall–Kier alpha value is -3.66. The Labute approximate surface area is 176 Å². The van der Waals surface area contributed by atoms with Crippen LogP contribution in [0.5, 0.6) is 5.75 Å². The predicted octanol–water partition coefficient (Wildman–Crippen LogP) is 6.19. The van der Waals surface area contributed by atoms with Crippen molar-refractivity contribution >= 4 is 22.5 Å². The summed E-state index contributed by atoms with van der Waals surface area (Å²) < 4.78 is 6.02. The van der Waals surface area contributed by atoms with Crippen molar-refractivity contribution in [3.63, 3.8) is 0 Å². The van der Waals surface area contributed by atoms with Crippen molar-refractivity contribution in [3.8, 4) is 5.75 Å². The molecule has 0 aliphatic heterocycles. The van der Waals surface area contributed by atoms with Gasteiger partial charge in [0.25, 0.3) is 5.91 Å². The van der Waals surface area contributed by atoms with E-state index >= 15 is 0 Å². The maximum atomic E-state index is 13.2. The van der Waals surface area contributed by atoms with Crippen LogP contribution in [0.1, 0.15) is 41.3 Å². The Morgan fingerprint density at radius 1 is 0.967 bits per heavy atom. The van der Waals surface area contributed by atoms with Gasteiger partial charge >= 0.3 is 0 Å². The molecule has 0 spiro atoms. The molecule has 30 heavy (non-hydrogen) atoms. The van der Waals surface area contributed by atoms with Gasteiger partial charge in [0.05, 0.1) is 11.1 Å². The van der Waals surface area contributed by atoms with E-state index in [0.717, 1.165) is 27.7 Å². The number of nitrogens with zero attached hydrogens (tertiary/aromatic N) is 1. The lowest BCUT2D eigenvalue weighted by Crippen LogP contribution is -2.14. The number of carbonyl (C=O) groups excluding carboxylic acids is 1. The zero-order valence-corrected chi connectivity index (χ0v) is 17.1. The second-order valence-electron chi connectivity index (χ2n) is 7.55. The standard InChI is InChI=1S/C26H24N2O2/c1-18(2)20-10-13-25(30-17-19-7-4-3-5-8-19)23(16-20)26(29)28-22-11-12-24-21(15-22)9-6-14-27-24/h3-16,18H,17H2,1-2H3,(H,28,29). The zero-order chi connectivity index (χ0) is 20.9. The summed E-state index contributed by atoms with van der Waals surface area (Å²) in [6.07, 6.45) is 1.76. The van der Waals surface area contributed by atoms with Crippen molar-refractivity contribution in [1.82, 2.24) is 4.98 Å². The molecule has 0 fully saturated rings. The molecule has 1 N–H and O–H groups in total. The van der Waals surface area contributed by atoms with Gasteiger partial charge in [-0.1, -0.05) is 56.3 Å². The Balaban J connectivity index is 1.60. The fourth-order valence-corrected chi connectivity index (χ4v) is 3.30. The van der Waals surface area contributed by atoms with Crippen molar-refractivity contribution in [3.05, 3.63) is 102 Å². The third-order valence-corrected chi connectivity index (χ3v) is 5.01. The molecule has 0 atom stereocenters. The molecule has 3 aromatic carbocycles. The Bertz CT molecular complexity index is 1170. The first-order chi connectivity index (χ1) is 14.6. The van der Waals surface area contributed by atoms with Crippen molar-refractivity contribution < 1.29 is 9.53 Å². The number of hydrogen-bond donors (Lipinski definition) is 1. The number of anilines is 1. The van der Waals surface area contributed by atoms with Crippen LogP contribution in [0, 0.1) is 0 Å². The molecular formula is C26H24N2O2. The third-order valence-electron chi connectivity index (χ3n) is 5.01. The number of fused-ring (bicyclic) bond motifs is 1. The molecule has 4 nitrogen and oxygen atoms in total. The normalized spacial score (nSPS) is 10.9. The van der Waals surface area contributed by atoms with Gasteiger partial charge in [0.1, 0.15) is 12.4 Å². The summed E-state index contributed by atoms with van der Waals surface area (Å²) in [7, 11) is 0. The second-order valence-corrected chi connectivity index (χ2v) is 7.55. The van der Waals surface area contributed by atoms with E-state index < -0.39 is 0 Å². The van der Waals surface area contributed by atoms with Crippen LogP contribution >= 0.6 is 0 Å². The molecule has 0 saturated carbocycles. The van der Waals surface area contributed by atoms with Gasteiger partial charge in [-0.05, 0) is 53.4 Å². The first-order valence-corrected chi connectivity index (χ1v) is 10.1. The van der Waals surface area contributed by atoms with E-state index in [1.165, 1.54) is 0 Å². The quantitative estimate of drug-likeness (QED) is 0.423. The Kier molecular flexibility index (Phi) is 5.75. The van der Waals surface area contributed by atoms with Crippen molar-refractivity contribution in [2.24, 2.45) is 0 Å². The largest absolute Gasteiger partial charge is 0.488 e. The summed E-state index contributed by atoms with van der Waals surface area (Å²) in [6.45, 7) is 4.62. The number of rotatable bonds is 6. The molecular weight excluding hydrogens is 372 g/mol. The van der Waals surface area contributed by atoms with E-state index in [0.29, 0.717) is 23.8 Å². The van der Waals surface area contributed by atoms with Gasteiger partial charge in [-0.2, -0.15) is 0 Å². The van der Waals surface area contributed by atoms with Crippen LogP contribution in [-0.2, 0) is 6.61 Å². The number of hydrogen-bond acceptors (Lipinski definition) is 3. The van der Waals surface area contributed by atoms with Crippen molar-refractivity contribution in [1.29, 1.82) is 0 Å². The minimum atomic E-state index is -0.191. The highest BCUT2D eigenvalue weighted by Crippen LogP contribution is 2.27. The van der Waals surface area contributed by atoms with Gasteiger partial charge < -0.3 is 10.1 Å². The SMILES string of the molecule is CC(C)c1ccc(OCc2ccccc2)c(C(=O)Nc2ccc3ncccc3c2)c1. The summed E-state index contributed by atoms with van der Waals surface area (Å²) in [6, 6.07) is 25.3. The third kappa shape index (κ3) is 4.49. The maximum Gasteiger partial charge on any atom is 0.259 e. The van der Waals surface area contributed by atoms with Gasteiger partial charge in [-0.3, -0.25) is 9.78 Å². The summed E-state index contributed by atoms with van der Waals surface area (Å²) in [4.78, 5) is 17.5. The molecule has 4 heteroatoms. The van der Waals surface area contributed by atoms with Crippen molar-refractivity contribution in [2.45, 2.75) is 26.4 Å². The van der Waals surface area contributed by atoms with Crippen LogP contribution < -0.4 is 10.1 Å². The summed E-state index contributed by atoms with van der Waals surface area (Å²) in [5.74, 6) is 0.693. The van der Waals surface area contributed by atoms with E-state index in [1.807, 2.05) is 78.9 Å². The highest BCUT2D eigenvalue weighted by atomic mass is 16.5. The first-order valence-electron chi connectivity index (χ1n) is 10.1. The number of benzene rings is 3. The number of carbonyl (C=O) groups is 1. The predicted molar refractivity (Wildman–Crippen MR) is 121 cm³/mol. The molecule has 0 aliphatic carbocycles. The Morgan fingerprint density at radius 2 is 1.80 bits per heavy atom. The molecule has 1 aromatic heterocycles. The average Bonchev–Trinajstić information content (AvgIpc) is 2.78. The van der Waals surface area contributed by atoms with Crippen LogP contribution in [0.3, 0.4) is 0 Å². The molecule has 1 heterocycles. The van der Waals surface area contributed by atoms with Crippen LogP contribution in [0.25, 0.3) is 10.9 Å². The maximum absolute atomic E-state index is 13.2. The molecule has 0 unspecified atom stereocenters. The van der Waals surface area contributed by atoms with Crippen LogP contribution in [0.4, 0.5) is 5.69 Å². The van der Waals surface area contributed by atoms with Crippen LogP contribution in [-0.4, -0.2) is 10.9 Å². The van der Waals surface area contributed by atoms with Gasteiger partial charge in [0.2, 0.25) is 0 Å². The van der Waals surface area contributed by atoms with Gasteiger partial charge in [0.15, 0.2) is 0 Å². The van der Waals surface area contributed by atoms with E-state index in [9.17, 15) is 4.79 Å². The number of amides is 1. The molecule has 1 amide bonds. The van der Waals surface area contributed by atoms with E-state index in [4.69, 9.17) is 4.74 Å². The summed E-state index contributed by atoms with van der Waals surface area (Å²) in [5, 5.41) is 3.99. The molecule has 4 rings (SSSR count). The van der Waals surface area contributed by atoms with Gasteiger partial charge in [-0.15, -0.1) is 0 Å². The average molecular weight is 396 g/mol. The first kappa shape index (κ1) is 19.6. The molecule has 4 aromatic rings. The fraction of sp³-hybridized carbons (Fsp3) is 0.154. The number of ether oxygens (including phenoxy) is 1. The molecule has 0 radical (unpaired) electrons. The number of aromatic nitrogens is 1. The minimum Gasteiger partial charge on any atom is -0.488 e. The monoisotopic (exact) mass is 396 g/mol. The fourth-order valence-electron chi connectivity index (χ4n) is 3.30. The molecule has 0 saturated heterocycles. The lowest BCUT2D eigenvalue weighted by Gasteiger charge is -2.15. The highest BCUT2D eigenvalue weighted by Gasteiger charge is 2.16. The van der Waals surface area contributed by atoms with E-state index in [1.54, 1.807) is 6.20 Å². The Morgan fingerprint density at radius 3 is 2.60 bits per heavy atom. The number of nitrogens with one attached hydrogen (secondary N) is 1. The summed E-state index contributed by atoms with van der Waals surface area (Å²) >= 11 is 0. The van der Waals surface area contributed by atoms with Crippen molar-refractivity contribution in [2.75, 3.05) is 5.32 Å². The minimum absolute atomic E-state index is 0.191. The van der Waals surface area contributed by atoms with E-state index in [-0.39, 0.29) is 5.91 Å². The van der Waals surface area contributed by atoms with Crippen LogP contribution in [0.15, 0.2) is 85.1 Å². The number of pyridine rings is 1. The smallest absolute Gasteiger partial charge is 0.259 e. The molecule has 150 valence electrons. The summed E-state index contributed by atoms with van der Waals surface area (Å²) in [5.41, 5.74) is 4.30. The lowest BCUT2D eigenvalue weighted by molar-refractivity contribution is 0.102. The zero-order valence-electron chi connectivity index (χ0n) is 17.1. The van der Waals surface area contributed by atoms with E-state index in [2.05, 4.69) is 24.1 Å². The lowest BCUT2D eigenvalue weighted by atomic mass is 10.00. The highest BCUT2D eigenvalue weighted by molar-refractivity contribution is 6.07. The molecule has 0 aliphatic rings. The van der Waals surface area contributed by atoms with Crippen LogP contribution in [0.2, 0.25) is 0 Å². The van der Waals surface area contributed by atoms with Gasteiger partial charge in [-0.25, -0.2) is 0 Å². The second kappa shape index (κ2) is 8.78. The topological polar surface area (TPSA) is 51.2 Å². The molecule has 0 bridgehead atoms. The van der Waals surface area contributed by atoms with Gasteiger partial charge in [0, 0.05) is 17.3 Å².